The summed E-state index contributed by atoms with van der Waals surface area (Å²) in [6.07, 6.45) is 0.824. The molecule has 0 bridgehead atoms. The molecule has 8 heteroatoms. The molecule has 0 radical (unpaired) electrons. The van der Waals surface area contributed by atoms with E-state index in [1.165, 1.54) is 0 Å². The molecular formula is C21H21N5O3. The van der Waals surface area contributed by atoms with Gasteiger partial charge in [-0.05, 0) is 29.7 Å². The zero-order valence-electron chi connectivity index (χ0n) is 16.0. The van der Waals surface area contributed by atoms with Crippen LogP contribution in [0.1, 0.15) is 11.1 Å². The third kappa shape index (κ3) is 3.36. The Bertz CT molecular complexity index is 1080. The second-order valence-corrected chi connectivity index (χ2v) is 7.34. The Morgan fingerprint density at radius 2 is 1.59 bits per heavy atom. The highest BCUT2D eigenvalue weighted by molar-refractivity contribution is 5.81. The summed E-state index contributed by atoms with van der Waals surface area (Å²) in [7, 11) is 0. The number of morpholine rings is 1. The van der Waals surface area contributed by atoms with Gasteiger partial charge in [-0.3, -0.25) is 10.1 Å². The van der Waals surface area contributed by atoms with Crippen molar-refractivity contribution in [1.82, 2.24) is 9.97 Å². The maximum absolute atomic E-state index is 11.2. The van der Waals surface area contributed by atoms with Crippen LogP contribution >= 0.6 is 0 Å². The highest BCUT2D eigenvalue weighted by Crippen LogP contribution is 2.33. The minimum atomic E-state index is -0.339. The molecule has 8 nitrogen and oxygen atoms in total. The predicted molar refractivity (Wildman–Crippen MR) is 110 cm³/mol. The van der Waals surface area contributed by atoms with Crippen molar-refractivity contribution >= 4 is 28.4 Å². The number of nitro groups is 1. The average molecular weight is 391 g/mol. The van der Waals surface area contributed by atoms with E-state index in [-0.39, 0.29) is 10.6 Å². The summed E-state index contributed by atoms with van der Waals surface area (Å²) in [6, 6.07) is 13.0. The number of non-ortho nitro benzene ring substituents is 1. The number of nitro benzene ring substituents is 1. The van der Waals surface area contributed by atoms with Gasteiger partial charge in [-0.1, -0.05) is 18.2 Å². The largest absolute Gasteiger partial charge is 0.378 e. The van der Waals surface area contributed by atoms with Crippen LogP contribution in [0.3, 0.4) is 0 Å². The summed E-state index contributed by atoms with van der Waals surface area (Å²) in [6.45, 7) is 4.27. The van der Waals surface area contributed by atoms with E-state index in [0.29, 0.717) is 19.8 Å². The van der Waals surface area contributed by atoms with Crippen LogP contribution < -0.4 is 9.80 Å². The van der Waals surface area contributed by atoms with Gasteiger partial charge in [-0.15, -0.1) is 0 Å². The van der Waals surface area contributed by atoms with Crippen LogP contribution in [-0.2, 0) is 17.7 Å². The number of nitrogens with zero attached hydrogens (tertiary/aromatic N) is 5. The molecule has 2 aromatic carbocycles. The Hall–Kier alpha value is -3.26. The molecule has 148 valence electrons. The highest BCUT2D eigenvalue weighted by atomic mass is 16.6. The van der Waals surface area contributed by atoms with Crippen LogP contribution in [-0.4, -0.2) is 47.7 Å². The molecule has 0 saturated carbocycles. The number of anilines is 2. The maximum atomic E-state index is 11.2. The fourth-order valence-corrected chi connectivity index (χ4v) is 4.02. The summed E-state index contributed by atoms with van der Waals surface area (Å²) in [4.78, 5) is 25.2. The predicted octanol–water partition coefficient (Wildman–Crippen LogP) is 2.94. The lowest BCUT2D eigenvalue weighted by molar-refractivity contribution is -0.384. The van der Waals surface area contributed by atoms with E-state index in [1.54, 1.807) is 12.1 Å². The molecule has 3 aromatic rings. The molecule has 0 aliphatic carbocycles. The molecule has 0 atom stereocenters. The fourth-order valence-electron chi connectivity index (χ4n) is 4.02. The third-order valence-electron chi connectivity index (χ3n) is 5.56. The van der Waals surface area contributed by atoms with Gasteiger partial charge in [0.25, 0.3) is 5.69 Å². The molecule has 0 spiro atoms. The number of benzene rings is 2. The van der Waals surface area contributed by atoms with Gasteiger partial charge in [-0.2, -0.15) is 0 Å². The van der Waals surface area contributed by atoms with Gasteiger partial charge in [0.1, 0.15) is 0 Å². The van der Waals surface area contributed by atoms with Gasteiger partial charge in [0.2, 0.25) is 0 Å². The number of hydrogen-bond donors (Lipinski definition) is 0. The summed E-state index contributed by atoms with van der Waals surface area (Å²) < 4.78 is 5.51. The van der Waals surface area contributed by atoms with E-state index in [9.17, 15) is 10.1 Å². The Morgan fingerprint density at radius 1 is 0.897 bits per heavy atom. The van der Waals surface area contributed by atoms with E-state index in [1.807, 2.05) is 30.3 Å². The van der Waals surface area contributed by atoms with Crippen molar-refractivity contribution in [3.8, 4) is 0 Å². The lowest BCUT2D eigenvalue weighted by Gasteiger charge is -2.35. The average Bonchev–Trinajstić information content (AvgIpc) is 2.78. The van der Waals surface area contributed by atoms with E-state index in [0.717, 1.165) is 59.9 Å². The summed E-state index contributed by atoms with van der Waals surface area (Å²) in [5.74, 6) is 1.70. The van der Waals surface area contributed by atoms with E-state index < -0.39 is 0 Å². The fraction of sp³-hybridized carbons (Fsp3) is 0.333. The Morgan fingerprint density at radius 3 is 2.28 bits per heavy atom. The molecule has 3 heterocycles. The molecule has 1 fully saturated rings. The quantitative estimate of drug-likeness (QED) is 0.501. The Balaban J connectivity index is 1.56. The number of ether oxygens (including phenoxy) is 1. The van der Waals surface area contributed by atoms with Crippen molar-refractivity contribution in [1.29, 1.82) is 0 Å². The van der Waals surface area contributed by atoms with Crippen LogP contribution in [0.25, 0.3) is 11.0 Å². The molecule has 2 aliphatic rings. The second-order valence-electron chi connectivity index (χ2n) is 7.34. The maximum Gasteiger partial charge on any atom is 0.269 e. The van der Waals surface area contributed by atoms with Crippen molar-refractivity contribution in [2.75, 3.05) is 42.6 Å². The first-order chi connectivity index (χ1) is 14.2. The van der Waals surface area contributed by atoms with Crippen molar-refractivity contribution in [3.63, 3.8) is 0 Å². The lowest BCUT2D eigenvalue weighted by atomic mass is 9.99. The monoisotopic (exact) mass is 391 g/mol. The molecule has 1 aromatic heterocycles. The van der Waals surface area contributed by atoms with Gasteiger partial charge in [0, 0.05) is 38.3 Å². The van der Waals surface area contributed by atoms with Crippen LogP contribution in [0.5, 0.6) is 0 Å². The minimum Gasteiger partial charge on any atom is -0.378 e. The Labute approximate surface area is 167 Å². The minimum absolute atomic E-state index is 0.128. The smallest absolute Gasteiger partial charge is 0.269 e. The standard InChI is InChI=1S/C21H21N5O3/c27-26(28)17-6-5-15-7-8-25(14-16(15)13-17)21-20(24-9-11-29-12-10-24)22-18-3-1-2-4-19(18)23-21/h1-6,13H,7-12,14H2. The second kappa shape index (κ2) is 7.29. The number of aromatic nitrogens is 2. The first-order valence-electron chi connectivity index (χ1n) is 9.80. The number of para-hydroxylation sites is 2. The van der Waals surface area contributed by atoms with Gasteiger partial charge in [0.15, 0.2) is 11.6 Å². The zero-order chi connectivity index (χ0) is 19.8. The Kier molecular flexibility index (Phi) is 4.48. The first kappa shape index (κ1) is 17.8. The number of rotatable bonds is 3. The van der Waals surface area contributed by atoms with Crippen LogP contribution in [0.4, 0.5) is 17.3 Å². The van der Waals surface area contributed by atoms with Crippen molar-refractivity contribution < 1.29 is 9.66 Å². The van der Waals surface area contributed by atoms with Gasteiger partial charge >= 0.3 is 0 Å². The van der Waals surface area contributed by atoms with Crippen LogP contribution in [0.15, 0.2) is 42.5 Å². The topological polar surface area (TPSA) is 84.6 Å². The zero-order valence-corrected chi connectivity index (χ0v) is 16.0. The van der Waals surface area contributed by atoms with Crippen molar-refractivity contribution in [3.05, 3.63) is 63.7 Å². The van der Waals surface area contributed by atoms with Crippen molar-refractivity contribution in [2.45, 2.75) is 13.0 Å². The molecule has 5 rings (SSSR count). The normalized spacial score (nSPS) is 16.7. The molecule has 2 aliphatic heterocycles. The molecule has 29 heavy (non-hydrogen) atoms. The highest BCUT2D eigenvalue weighted by Gasteiger charge is 2.26. The van der Waals surface area contributed by atoms with E-state index in [4.69, 9.17) is 14.7 Å². The molecule has 0 N–H and O–H groups in total. The number of hydrogen-bond acceptors (Lipinski definition) is 7. The molecular weight excluding hydrogens is 370 g/mol. The van der Waals surface area contributed by atoms with E-state index in [2.05, 4.69) is 9.80 Å². The number of fused-ring (bicyclic) bond motifs is 2. The van der Waals surface area contributed by atoms with E-state index >= 15 is 0 Å². The summed E-state index contributed by atoms with van der Waals surface area (Å²) in [5, 5.41) is 11.2. The molecule has 0 amide bonds. The van der Waals surface area contributed by atoms with Gasteiger partial charge in [0.05, 0.1) is 29.2 Å². The van der Waals surface area contributed by atoms with Crippen molar-refractivity contribution in [2.24, 2.45) is 0 Å². The van der Waals surface area contributed by atoms with Gasteiger partial charge in [-0.25, -0.2) is 9.97 Å². The SMILES string of the molecule is O=[N+]([O-])c1ccc2c(c1)CN(c1nc3ccccc3nc1N1CCOCC1)CC2. The summed E-state index contributed by atoms with van der Waals surface area (Å²) >= 11 is 0. The lowest BCUT2D eigenvalue weighted by Crippen LogP contribution is -2.39. The van der Waals surface area contributed by atoms with Crippen LogP contribution in [0, 0.1) is 10.1 Å². The third-order valence-corrected chi connectivity index (χ3v) is 5.56. The van der Waals surface area contributed by atoms with Crippen LogP contribution in [0.2, 0.25) is 0 Å². The summed E-state index contributed by atoms with van der Waals surface area (Å²) in [5.41, 5.74) is 3.99. The van der Waals surface area contributed by atoms with Gasteiger partial charge < -0.3 is 14.5 Å². The molecule has 1 saturated heterocycles. The molecule has 0 unspecified atom stereocenters. The first-order valence-corrected chi connectivity index (χ1v) is 9.80.